The molecular formula is C23H29N5O6. The number of hydrogen-bond acceptors (Lipinski definition) is 8. The number of hydrogen-bond donors (Lipinski definition) is 8. The van der Waals surface area contributed by atoms with E-state index in [2.05, 4.69) is 10.6 Å². The summed E-state index contributed by atoms with van der Waals surface area (Å²) in [5, 5.41) is 35.6. The third kappa shape index (κ3) is 5.81. The van der Waals surface area contributed by atoms with Gasteiger partial charge < -0.3 is 43.2 Å². The Morgan fingerprint density at radius 2 is 1.53 bits per heavy atom. The maximum absolute atomic E-state index is 13.0. The van der Waals surface area contributed by atoms with Crippen LogP contribution in [0.15, 0.2) is 36.4 Å². The number of benzene rings is 2. The van der Waals surface area contributed by atoms with Gasteiger partial charge in [-0.3, -0.25) is 14.4 Å². The summed E-state index contributed by atoms with van der Waals surface area (Å²) in [5.74, 6) is -2.48. The number of phenols is 2. The first-order valence-corrected chi connectivity index (χ1v) is 10.8. The van der Waals surface area contributed by atoms with Crippen LogP contribution in [-0.2, 0) is 27.2 Å². The Morgan fingerprint density at radius 1 is 0.971 bits per heavy atom. The van der Waals surface area contributed by atoms with Crippen molar-refractivity contribution in [3.05, 3.63) is 47.5 Å². The van der Waals surface area contributed by atoms with Crippen molar-refractivity contribution in [3.8, 4) is 22.6 Å². The molecule has 0 radical (unpaired) electrons. The molecule has 11 heteroatoms. The predicted molar refractivity (Wildman–Crippen MR) is 123 cm³/mol. The molecule has 0 fully saturated rings. The summed E-state index contributed by atoms with van der Waals surface area (Å²) >= 11 is 0. The second-order valence-electron chi connectivity index (χ2n) is 8.35. The molecule has 3 rings (SSSR count). The lowest BCUT2D eigenvalue weighted by molar-refractivity contribution is -0.132. The van der Waals surface area contributed by atoms with Gasteiger partial charge in [-0.1, -0.05) is 12.1 Å². The van der Waals surface area contributed by atoms with E-state index in [1.807, 2.05) is 0 Å². The van der Waals surface area contributed by atoms with Gasteiger partial charge in [0.2, 0.25) is 17.7 Å². The van der Waals surface area contributed by atoms with Crippen molar-refractivity contribution in [3.63, 3.8) is 0 Å². The standard InChI is InChI=1S/C23H29N5O6/c24-10-15(29)9-18-23(34)27-17(21(26)32)8-14-6-12(2-4-20(14)31)11-1-3-19(30)13(5-11)7-16(25)22(33)28-18/h1-6,15-18,29-31H,7-10,24-25H2,(H2,26,32)(H,27,34)(H,28,33)/t15-,16+,17-,18+/m1/s1. The molecule has 0 aromatic heterocycles. The molecule has 4 atom stereocenters. The highest BCUT2D eigenvalue weighted by Gasteiger charge is 2.30. The number of amides is 3. The van der Waals surface area contributed by atoms with Crippen LogP contribution in [0.1, 0.15) is 17.5 Å². The molecule has 0 unspecified atom stereocenters. The number of carbonyl (C=O) groups is 3. The van der Waals surface area contributed by atoms with Gasteiger partial charge in [-0.05, 0) is 46.5 Å². The molecule has 34 heavy (non-hydrogen) atoms. The number of aromatic hydroxyl groups is 2. The minimum Gasteiger partial charge on any atom is -0.508 e. The van der Waals surface area contributed by atoms with Crippen LogP contribution < -0.4 is 27.8 Å². The number of phenolic OH excluding ortho intramolecular Hbond substituents is 2. The Balaban J connectivity index is 2.09. The number of aliphatic hydroxyl groups is 1. The fourth-order valence-corrected chi connectivity index (χ4v) is 3.78. The van der Waals surface area contributed by atoms with E-state index in [0.29, 0.717) is 22.3 Å². The molecule has 11 nitrogen and oxygen atoms in total. The second kappa shape index (κ2) is 10.5. The van der Waals surface area contributed by atoms with Crippen molar-refractivity contribution in [1.82, 2.24) is 10.6 Å². The Morgan fingerprint density at radius 3 is 2.06 bits per heavy atom. The van der Waals surface area contributed by atoms with Gasteiger partial charge in [0.25, 0.3) is 0 Å². The average Bonchev–Trinajstić information content (AvgIpc) is 2.79. The molecule has 0 saturated carbocycles. The summed E-state index contributed by atoms with van der Waals surface area (Å²) < 4.78 is 0. The first kappa shape index (κ1) is 25.0. The Kier molecular flexibility index (Phi) is 7.72. The number of rotatable bonds is 4. The van der Waals surface area contributed by atoms with Gasteiger partial charge in [0.05, 0.1) is 12.1 Å². The molecule has 11 N–H and O–H groups in total. The van der Waals surface area contributed by atoms with Crippen molar-refractivity contribution in [2.75, 3.05) is 6.54 Å². The lowest BCUT2D eigenvalue weighted by atomic mass is 9.95. The van der Waals surface area contributed by atoms with Gasteiger partial charge in [-0.25, -0.2) is 0 Å². The summed E-state index contributed by atoms with van der Waals surface area (Å²) in [4.78, 5) is 37.8. The number of fused-ring (bicyclic) bond motifs is 5. The highest BCUT2D eigenvalue weighted by molar-refractivity contribution is 5.93. The zero-order valence-corrected chi connectivity index (χ0v) is 18.4. The van der Waals surface area contributed by atoms with Crippen molar-refractivity contribution < 1.29 is 29.7 Å². The van der Waals surface area contributed by atoms with Gasteiger partial charge in [0.1, 0.15) is 23.6 Å². The minimum atomic E-state index is -1.26. The molecule has 3 amide bonds. The van der Waals surface area contributed by atoms with Crippen molar-refractivity contribution in [1.29, 1.82) is 0 Å². The Hall–Kier alpha value is -3.67. The van der Waals surface area contributed by atoms with Crippen LogP contribution >= 0.6 is 0 Å². The molecule has 2 aromatic rings. The first-order valence-electron chi connectivity index (χ1n) is 10.8. The van der Waals surface area contributed by atoms with Crippen molar-refractivity contribution in [2.24, 2.45) is 17.2 Å². The number of nitrogens with one attached hydrogen (secondary N) is 2. The largest absolute Gasteiger partial charge is 0.508 e. The van der Waals surface area contributed by atoms with Crippen LogP contribution in [0.25, 0.3) is 11.1 Å². The number of nitrogens with two attached hydrogens (primary N) is 3. The topological polar surface area (TPSA) is 214 Å². The summed E-state index contributed by atoms with van der Waals surface area (Å²) in [6, 6.07) is 5.96. The quantitative estimate of drug-likeness (QED) is 0.258. The van der Waals surface area contributed by atoms with Crippen LogP contribution in [0.3, 0.4) is 0 Å². The lowest BCUT2D eigenvalue weighted by Gasteiger charge is -2.24. The number of carbonyl (C=O) groups excluding carboxylic acids is 3. The molecule has 1 heterocycles. The normalized spacial score (nSPS) is 22.0. The van der Waals surface area contributed by atoms with E-state index in [0.717, 1.165) is 0 Å². The maximum atomic E-state index is 13.0. The fourth-order valence-electron chi connectivity index (χ4n) is 3.78. The van der Waals surface area contributed by atoms with E-state index in [9.17, 15) is 29.7 Å². The third-order valence-corrected chi connectivity index (χ3v) is 5.77. The van der Waals surface area contributed by atoms with E-state index in [4.69, 9.17) is 17.2 Å². The van der Waals surface area contributed by atoms with Crippen LogP contribution in [-0.4, -0.2) is 63.8 Å². The lowest BCUT2D eigenvalue weighted by Crippen LogP contribution is -2.57. The molecule has 4 bridgehead atoms. The van der Waals surface area contributed by atoms with Gasteiger partial charge in [0.15, 0.2) is 0 Å². The van der Waals surface area contributed by atoms with E-state index in [1.54, 1.807) is 24.3 Å². The summed E-state index contributed by atoms with van der Waals surface area (Å²) in [6.45, 7) is -0.160. The zero-order valence-electron chi connectivity index (χ0n) is 18.4. The van der Waals surface area contributed by atoms with E-state index >= 15 is 0 Å². The second-order valence-corrected chi connectivity index (χ2v) is 8.35. The van der Waals surface area contributed by atoms with Gasteiger partial charge in [-0.2, -0.15) is 0 Å². The fraction of sp³-hybridized carbons (Fsp3) is 0.348. The van der Waals surface area contributed by atoms with E-state index in [-0.39, 0.29) is 37.3 Å². The number of primary amides is 1. The molecule has 0 spiro atoms. The van der Waals surface area contributed by atoms with Gasteiger partial charge in [-0.15, -0.1) is 0 Å². The molecule has 182 valence electrons. The number of aliphatic hydroxyl groups excluding tert-OH is 1. The van der Waals surface area contributed by atoms with Crippen LogP contribution in [0.5, 0.6) is 11.5 Å². The Bertz CT molecular complexity index is 1090. The first-order chi connectivity index (χ1) is 16.1. The third-order valence-electron chi connectivity index (χ3n) is 5.77. The van der Waals surface area contributed by atoms with E-state index in [1.165, 1.54) is 12.1 Å². The van der Waals surface area contributed by atoms with Crippen LogP contribution in [0, 0.1) is 0 Å². The molecule has 1 aliphatic heterocycles. The van der Waals surface area contributed by atoms with Gasteiger partial charge in [0, 0.05) is 25.8 Å². The van der Waals surface area contributed by atoms with Crippen LogP contribution in [0.4, 0.5) is 0 Å². The summed E-state index contributed by atoms with van der Waals surface area (Å²) in [5.41, 5.74) is 19.1. The molecular weight excluding hydrogens is 442 g/mol. The maximum Gasteiger partial charge on any atom is 0.243 e. The average molecular weight is 472 g/mol. The van der Waals surface area contributed by atoms with Gasteiger partial charge >= 0.3 is 0 Å². The smallest absolute Gasteiger partial charge is 0.243 e. The highest BCUT2D eigenvalue weighted by Crippen LogP contribution is 2.30. The predicted octanol–water partition coefficient (Wildman–Crippen LogP) is -1.64. The van der Waals surface area contributed by atoms with Crippen molar-refractivity contribution in [2.45, 2.75) is 43.5 Å². The monoisotopic (exact) mass is 471 g/mol. The van der Waals surface area contributed by atoms with Crippen molar-refractivity contribution >= 4 is 17.7 Å². The minimum absolute atomic E-state index is 0.0336. The zero-order chi connectivity index (χ0) is 25.0. The summed E-state index contributed by atoms with van der Waals surface area (Å²) in [7, 11) is 0. The molecule has 0 saturated heterocycles. The highest BCUT2D eigenvalue weighted by atomic mass is 16.3. The summed E-state index contributed by atoms with van der Waals surface area (Å²) in [6.07, 6.45) is -1.49. The SMILES string of the molecule is NC[C@H](O)C[C@@H]1NC(=O)[C@@H](N)Cc2cc(ccc2O)-c2ccc(O)c(c2)C[C@H](C(N)=O)NC1=O. The molecule has 1 aliphatic rings. The Labute approximate surface area is 195 Å². The van der Waals surface area contributed by atoms with Crippen LogP contribution in [0.2, 0.25) is 0 Å². The molecule has 0 aliphatic carbocycles. The molecule has 2 aromatic carbocycles. The van der Waals surface area contributed by atoms with E-state index < -0.39 is 42.0 Å².